The topological polar surface area (TPSA) is 82.3 Å². The van der Waals surface area contributed by atoms with E-state index in [-0.39, 0.29) is 40.7 Å². The lowest BCUT2D eigenvalue weighted by molar-refractivity contribution is -0.138. The molecule has 180 valence electrons. The smallest absolute Gasteiger partial charge is 0.416 e. The number of nitriles is 1. The number of para-hydroxylation sites is 1. The van der Waals surface area contributed by atoms with Gasteiger partial charge in [0.1, 0.15) is 5.75 Å². The van der Waals surface area contributed by atoms with Gasteiger partial charge in [-0.05, 0) is 53.6 Å². The Balaban J connectivity index is 1.74. The third-order valence-electron chi connectivity index (χ3n) is 7.12. The van der Waals surface area contributed by atoms with Crippen molar-refractivity contribution in [3.05, 3.63) is 53.1 Å². The molecule has 0 radical (unpaired) electrons. The highest BCUT2D eigenvalue weighted by Crippen LogP contribution is 2.41. The van der Waals surface area contributed by atoms with E-state index in [1.165, 1.54) is 7.11 Å². The first-order chi connectivity index (χ1) is 16.2. The first-order valence-corrected chi connectivity index (χ1v) is 11.4. The van der Waals surface area contributed by atoms with Crippen LogP contribution in [0.15, 0.2) is 36.4 Å². The number of rotatable bonds is 6. The minimum absolute atomic E-state index is 0.0590. The molecule has 4 rings (SSSR count). The number of carbonyl (C=O) groups is 1. The Morgan fingerprint density at radius 2 is 2.00 bits per heavy atom. The van der Waals surface area contributed by atoms with Gasteiger partial charge in [0, 0.05) is 24.4 Å². The van der Waals surface area contributed by atoms with Crippen LogP contribution in [0.4, 0.5) is 13.2 Å². The zero-order chi connectivity index (χ0) is 24.5. The number of ether oxygens (including phenoxy) is 1. The summed E-state index contributed by atoms with van der Waals surface area (Å²) in [6, 6.07) is 10.7. The van der Waals surface area contributed by atoms with Gasteiger partial charge in [0.25, 0.3) is 0 Å². The monoisotopic (exact) mass is 472 g/mol. The second kappa shape index (κ2) is 9.77. The van der Waals surface area contributed by atoms with E-state index >= 15 is 0 Å². The van der Waals surface area contributed by atoms with Crippen molar-refractivity contribution in [3.63, 3.8) is 0 Å². The average molecular weight is 473 g/mol. The lowest BCUT2D eigenvalue weighted by Crippen LogP contribution is -2.40. The highest BCUT2D eigenvalue weighted by Gasteiger charge is 2.45. The number of fused-ring (bicyclic) bond motifs is 1. The Bertz CT molecular complexity index is 1110. The van der Waals surface area contributed by atoms with Crippen LogP contribution >= 0.6 is 0 Å². The van der Waals surface area contributed by atoms with Crippen LogP contribution in [0.5, 0.6) is 5.75 Å². The Hall–Kier alpha value is -2.89. The van der Waals surface area contributed by atoms with Gasteiger partial charge in [-0.25, -0.2) is 0 Å². The molecule has 2 aliphatic rings. The van der Waals surface area contributed by atoms with Crippen molar-refractivity contribution < 1.29 is 27.8 Å². The fourth-order valence-electron chi connectivity index (χ4n) is 5.50. The molecule has 5 nitrogen and oxygen atoms in total. The molecule has 2 aromatic rings. The summed E-state index contributed by atoms with van der Waals surface area (Å²) in [6.07, 6.45) is -3.65. The number of nitrogens with zero attached hydrogens (tertiary/aromatic N) is 1. The van der Waals surface area contributed by atoms with Gasteiger partial charge in [-0.15, -0.1) is 0 Å². The predicted octanol–water partition coefficient (Wildman–Crippen LogP) is 4.31. The van der Waals surface area contributed by atoms with E-state index < -0.39 is 30.3 Å². The maximum Gasteiger partial charge on any atom is 0.416 e. The van der Waals surface area contributed by atoms with E-state index in [4.69, 9.17) is 4.74 Å². The second-order valence-corrected chi connectivity index (χ2v) is 9.05. The number of halogens is 3. The van der Waals surface area contributed by atoms with Crippen molar-refractivity contribution in [2.24, 2.45) is 11.8 Å². The maximum atomic E-state index is 14.2. The number of nitrogens with one attached hydrogen (secondary N) is 1. The number of methoxy groups -OCH3 is 1. The molecule has 0 bridgehead atoms. The number of ketones is 1. The van der Waals surface area contributed by atoms with E-state index in [0.717, 1.165) is 18.9 Å². The van der Waals surface area contributed by atoms with Crippen molar-refractivity contribution in [2.45, 2.75) is 50.4 Å². The van der Waals surface area contributed by atoms with Crippen LogP contribution in [0.2, 0.25) is 0 Å². The lowest BCUT2D eigenvalue weighted by atomic mass is 9.75. The van der Waals surface area contributed by atoms with Gasteiger partial charge in [0.2, 0.25) is 0 Å². The van der Waals surface area contributed by atoms with Gasteiger partial charge >= 0.3 is 6.18 Å². The van der Waals surface area contributed by atoms with Crippen LogP contribution in [-0.2, 0) is 23.8 Å². The third-order valence-corrected chi connectivity index (χ3v) is 7.12. The molecule has 34 heavy (non-hydrogen) atoms. The molecule has 0 aromatic heterocycles. The first kappa shape index (κ1) is 24.2. The molecular weight excluding hydrogens is 445 g/mol. The van der Waals surface area contributed by atoms with Crippen LogP contribution in [0, 0.1) is 23.2 Å². The van der Waals surface area contributed by atoms with Gasteiger partial charge in [0.05, 0.1) is 37.3 Å². The Morgan fingerprint density at radius 3 is 2.71 bits per heavy atom. The molecule has 1 unspecified atom stereocenters. The van der Waals surface area contributed by atoms with E-state index in [2.05, 4.69) is 5.32 Å². The summed E-state index contributed by atoms with van der Waals surface area (Å²) in [5.41, 5.74) is -0.124. The molecule has 0 amide bonds. The van der Waals surface area contributed by atoms with Crippen molar-refractivity contribution >= 4 is 5.78 Å². The van der Waals surface area contributed by atoms with E-state index in [1.54, 1.807) is 30.3 Å². The van der Waals surface area contributed by atoms with Gasteiger partial charge in [-0.3, -0.25) is 4.79 Å². The number of aliphatic hydroxyl groups excluding tert-OH is 1. The summed E-state index contributed by atoms with van der Waals surface area (Å²) in [7, 11) is 1.44. The molecule has 8 heteroatoms. The van der Waals surface area contributed by atoms with Gasteiger partial charge in [-0.1, -0.05) is 24.6 Å². The molecule has 1 saturated heterocycles. The Morgan fingerprint density at radius 1 is 1.24 bits per heavy atom. The number of benzene rings is 2. The van der Waals surface area contributed by atoms with E-state index in [1.807, 2.05) is 6.07 Å². The molecule has 0 spiro atoms. The SMILES string of the molecule is COc1ccccc1-c1cc(CC#N)c(CC(=O)C2NC[C@H]3[C@@H](O)CCC[C@@H]23)c(C(F)(F)F)c1. The number of carbonyl (C=O) groups excluding carboxylic acids is 1. The number of hydrogen-bond donors (Lipinski definition) is 2. The van der Waals surface area contributed by atoms with Crippen molar-refractivity contribution in [3.8, 4) is 22.9 Å². The highest BCUT2D eigenvalue weighted by molar-refractivity contribution is 5.88. The van der Waals surface area contributed by atoms with Crippen LogP contribution in [0.25, 0.3) is 11.1 Å². The van der Waals surface area contributed by atoms with Gasteiger partial charge in [0.15, 0.2) is 5.78 Å². The van der Waals surface area contributed by atoms with Crippen LogP contribution < -0.4 is 10.1 Å². The molecule has 1 saturated carbocycles. The fourth-order valence-corrected chi connectivity index (χ4v) is 5.50. The molecular formula is C26H27F3N2O3. The van der Waals surface area contributed by atoms with Crippen molar-refractivity contribution in [1.29, 1.82) is 5.26 Å². The van der Waals surface area contributed by atoms with E-state index in [9.17, 15) is 28.3 Å². The number of Topliss-reactive ketones (excluding diaryl/α,β-unsaturated/α-hetero) is 1. The van der Waals surface area contributed by atoms with Gasteiger partial charge in [-0.2, -0.15) is 18.4 Å². The minimum atomic E-state index is -4.70. The summed E-state index contributed by atoms with van der Waals surface area (Å²) in [5.74, 6) is -0.0649. The number of alkyl halides is 3. The third kappa shape index (κ3) is 4.68. The van der Waals surface area contributed by atoms with Crippen LogP contribution in [0.3, 0.4) is 0 Å². The second-order valence-electron chi connectivity index (χ2n) is 9.05. The van der Waals surface area contributed by atoms with Crippen molar-refractivity contribution in [2.75, 3.05) is 13.7 Å². The summed E-state index contributed by atoms with van der Waals surface area (Å²) in [4.78, 5) is 13.3. The maximum absolute atomic E-state index is 14.2. The van der Waals surface area contributed by atoms with Crippen molar-refractivity contribution in [1.82, 2.24) is 5.32 Å². The first-order valence-electron chi connectivity index (χ1n) is 11.4. The molecule has 1 heterocycles. The quantitative estimate of drug-likeness (QED) is 0.655. The Labute approximate surface area is 196 Å². The summed E-state index contributed by atoms with van der Waals surface area (Å²) in [5, 5.41) is 22.8. The number of aliphatic hydroxyl groups is 1. The minimum Gasteiger partial charge on any atom is -0.496 e. The lowest BCUT2D eigenvalue weighted by Gasteiger charge is -2.31. The Kier molecular flexibility index (Phi) is 6.96. The number of hydrogen-bond acceptors (Lipinski definition) is 5. The van der Waals surface area contributed by atoms with E-state index in [0.29, 0.717) is 24.3 Å². The highest BCUT2D eigenvalue weighted by atomic mass is 19.4. The largest absolute Gasteiger partial charge is 0.496 e. The molecule has 2 aromatic carbocycles. The summed E-state index contributed by atoms with van der Waals surface area (Å²) >= 11 is 0. The van der Waals surface area contributed by atoms with Crippen LogP contribution in [0.1, 0.15) is 36.0 Å². The summed E-state index contributed by atoms with van der Waals surface area (Å²) < 4.78 is 48.0. The van der Waals surface area contributed by atoms with Gasteiger partial charge < -0.3 is 15.2 Å². The molecule has 1 aliphatic carbocycles. The summed E-state index contributed by atoms with van der Waals surface area (Å²) in [6.45, 7) is 0.478. The molecule has 2 fully saturated rings. The van der Waals surface area contributed by atoms with Crippen LogP contribution in [-0.4, -0.2) is 36.7 Å². The fraction of sp³-hybridized carbons (Fsp3) is 0.462. The standard InChI is InChI=1S/C26H27F3N2O3/c1-34-24-8-3-2-5-17(24)16-11-15(9-10-30)19(21(12-16)26(27,28)29)13-23(33)25-18-6-4-7-22(32)20(18)14-31-25/h2-3,5,8,11-12,18,20,22,25,31-32H,4,6-7,9,13-14H2,1H3/t18-,20-,22+,25?/m1/s1. The molecule has 1 aliphatic heterocycles. The normalized spacial score (nSPS) is 24.4. The zero-order valence-corrected chi connectivity index (χ0v) is 18.9. The molecule has 4 atom stereocenters. The predicted molar refractivity (Wildman–Crippen MR) is 120 cm³/mol. The average Bonchev–Trinajstić information content (AvgIpc) is 3.25. The zero-order valence-electron chi connectivity index (χ0n) is 18.9. The molecule has 2 N–H and O–H groups in total.